The van der Waals surface area contributed by atoms with Gasteiger partial charge in [0.2, 0.25) is 0 Å². The van der Waals surface area contributed by atoms with Gasteiger partial charge < -0.3 is 24.9 Å². The van der Waals surface area contributed by atoms with Crippen molar-refractivity contribution in [3.05, 3.63) is 62.5 Å². The van der Waals surface area contributed by atoms with E-state index in [0.29, 0.717) is 31.7 Å². The largest absolute Gasteiger partial charge is 0.445 e. The monoisotopic (exact) mass is 575 g/mol. The van der Waals surface area contributed by atoms with Crippen molar-refractivity contribution in [3.63, 3.8) is 0 Å². The third-order valence-electron chi connectivity index (χ3n) is 5.46. The fraction of sp³-hybridized carbons (Fsp3) is 0.455. The summed E-state index contributed by atoms with van der Waals surface area (Å²) in [5, 5.41) is 21.7. The lowest BCUT2D eigenvalue weighted by Gasteiger charge is -2.37. The van der Waals surface area contributed by atoms with Crippen LogP contribution in [0.1, 0.15) is 18.1 Å². The van der Waals surface area contributed by atoms with Crippen LogP contribution in [0, 0.1) is 10.1 Å². The average molecular weight is 576 g/mol. The quantitative estimate of drug-likeness (QED) is 0.376. The molecule has 3 rings (SSSR count). The Hall–Kier alpha value is -2.97. The van der Waals surface area contributed by atoms with E-state index in [1.807, 2.05) is 4.90 Å². The summed E-state index contributed by atoms with van der Waals surface area (Å²) in [5.74, 6) is -0.320. The first-order chi connectivity index (χ1) is 16.8. The highest BCUT2D eigenvalue weighted by Crippen LogP contribution is 2.29. The van der Waals surface area contributed by atoms with Crippen molar-refractivity contribution in [1.82, 2.24) is 19.4 Å². The second-order valence-electron chi connectivity index (χ2n) is 8.61. The third kappa shape index (κ3) is 7.77. The van der Waals surface area contributed by atoms with Crippen LogP contribution in [0.15, 0.2) is 41.3 Å². The lowest BCUT2D eigenvalue weighted by atomic mass is 10.1. The minimum Gasteiger partial charge on any atom is -0.445 e. The second-order valence-corrected chi connectivity index (χ2v) is 9.32. The molecule has 1 aromatic carbocycles. The number of aliphatic hydroxyl groups is 1. The molecule has 0 spiro atoms. The Kier molecular flexibility index (Phi) is 8.74. The molecule has 2 aromatic rings. The average Bonchev–Trinajstić information content (AvgIpc) is 3.16. The van der Waals surface area contributed by atoms with Crippen molar-refractivity contribution >= 4 is 33.9 Å². The normalized spacial score (nSPS) is 16.8. The zero-order valence-corrected chi connectivity index (χ0v) is 20.9. The number of carbonyl (C=O) groups excluding carboxylic acids is 1. The van der Waals surface area contributed by atoms with E-state index in [0.717, 1.165) is 12.1 Å². The summed E-state index contributed by atoms with van der Waals surface area (Å²) in [6.45, 7) is 3.73. The van der Waals surface area contributed by atoms with E-state index in [4.69, 9.17) is 4.74 Å². The summed E-state index contributed by atoms with van der Waals surface area (Å²) in [6.07, 6.45) is -0.530. The van der Waals surface area contributed by atoms with Gasteiger partial charge in [0.1, 0.15) is 12.8 Å². The van der Waals surface area contributed by atoms with Crippen molar-refractivity contribution in [3.8, 4) is 0 Å². The molecule has 0 saturated carbocycles. The van der Waals surface area contributed by atoms with Gasteiger partial charge in [0.15, 0.2) is 0 Å². The van der Waals surface area contributed by atoms with Crippen molar-refractivity contribution in [2.45, 2.75) is 25.2 Å². The maximum atomic E-state index is 12.6. The number of amides is 1. The summed E-state index contributed by atoms with van der Waals surface area (Å²) < 4.78 is 44.7. The van der Waals surface area contributed by atoms with Crippen LogP contribution in [0.2, 0.25) is 0 Å². The van der Waals surface area contributed by atoms with Crippen molar-refractivity contribution in [2.75, 3.05) is 39.3 Å². The van der Waals surface area contributed by atoms with Crippen LogP contribution in [-0.2, 0) is 17.5 Å². The first-order valence-electron chi connectivity index (χ1n) is 10.9. The zero-order chi connectivity index (χ0) is 26.5. The molecule has 1 fully saturated rings. The molecule has 1 saturated heterocycles. The summed E-state index contributed by atoms with van der Waals surface area (Å²) in [7, 11) is 0. The number of halogens is 4. The predicted octanol–water partition coefficient (Wildman–Crippen LogP) is 3.79. The van der Waals surface area contributed by atoms with Gasteiger partial charge in [-0.15, -0.1) is 0 Å². The third-order valence-corrected chi connectivity index (χ3v) is 6.09. The summed E-state index contributed by atoms with van der Waals surface area (Å²) >= 11 is 3.15. The van der Waals surface area contributed by atoms with Gasteiger partial charge in [-0.2, -0.15) is 13.2 Å². The Balaban J connectivity index is 1.41. The fourth-order valence-electron chi connectivity index (χ4n) is 3.74. The van der Waals surface area contributed by atoms with Gasteiger partial charge in [0.05, 0.1) is 17.7 Å². The van der Waals surface area contributed by atoms with Gasteiger partial charge >= 0.3 is 18.1 Å². The first-order valence-corrected chi connectivity index (χ1v) is 11.7. The molecule has 36 heavy (non-hydrogen) atoms. The minimum atomic E-state index is -4.39. The number of benzene rings is 1. The van der Waals surface area contributed by atoms with Crippen LogP contribution in [0.5, 0.6) is 0 Å². The number of nitrogens with zero attached hydrogens (tertiary/aromatic N) is 5. The number of rotatable bonds is 8. The zero-order valence-electron chi connectivity index (χ0n) is 19.3. The number of alkyl halides is 3. The molecular formula is C22H25BrF3N5O5. The van der Waals surface area contributed by atoms with Gasteiger partial charge in [0.25, 0.3) is 4.73 Å². The van der Waals surface area contributed by atoms with E-state index in [-0.39, 0.29) is 30.2 Å². The molecule has 2 heterocycles. The summed E-state index contributed by atoms with van der Waals surface area (Å²) in [5.41, 5.74) is -1.38. The molecule has 0 aliphatic carbocycles. The lowest BCUT2D eigenvalue weighted by molar-refractivity contribution is -0.389. The number of piperazine rings is 1. The molecule has 0 radical (unpaired) electrons. The van der Waals surface area contributed by atoms with Crippen molar-refractivity contribution in [2.24, 2.45) is 0 Å². The molecule has 0 unspecified atom stereocenters. The van der Waals surface area contributed by atoms with Crippen LogP contribution < -0.4 is 0 Å². The highest BCUT2D eigenvalue weighted by atomic mass is 79.9. The number of ether oxygens (including phenoxy) is 1. The molecule has 1 aromatic heterocycles. The van der Waals surface area contributed by atoms with Gasteiger partial charge in [0, 0.05) is 48.7 Å². The molecule has 1 aliphatic rings. The molecule has 1 N–H and O–H groups in total. The molecule has 0 bridgehead atoms. The van der Waals surface area contributed by atoms with Gasteiger partial charge in [-0.05, 0) is 40.6 Å². The number of aromatic nitrogens is 2. The Morgan fingerprint density at radius 2 is 1.86 bits per heavy atom. The molecular weight excluding hydrogens is 551 g/mol. The van der Waals surface area contributed by atoms with E-state index in [1.165, 1.54) is 27.8 Å². The molecule has 1 aliphatic heterocycles. The topological polar surface area (TPSA) is 114 Å². The molecule has 1 amide bonds. The summed E-state index contributed by atoms with van der Waals surface area (Å²) in [6, 6.07) is 4.64. The van der Waals surface area contributed by atoms with Gasteiger partial charge in [-0.25, -0.2) is 4.79 Å². The lowest BCUT2D eigenvalue weighted by Crippen LogP contribution is -2.53. The molecule has 10 nitrogen and oxygen atoms in total. The number of hydrogen-bond acceptors (Lipinski definition) is 7. The van der Waals surface area contributed by atoms with Gasteiger partial charge in [-0.3, -0.25) is 9.47 Å². The van der Waals surface area contributed by atoms with E-state index < -0.39 is 28.4 Å². The van der Waals surface area contributed by atoms with Crippen LogP contribution in [0.3, 0.4) is 0 Å². The first kappa shape index (κ1) is 27.6. The van der Waals surface area contributed by atoms with Crippen LogP contribution in [0.25, 0.3) is 6.08 Å². The van der Waals surface area contributed by atoms with Crippen LogP contribution >= 0.6 is 15.9 Å². The molecule has 14 heteroatoms. The Bertz CT molecular complexity index is 1100. The number of carbonyl (C=O) groups is 1. The highest BCUT2D eigenvalue weighted by Gasteiger charge is 2.31. The molecule has 1 atom stereocenters. The summed E-state index contributed by atoms with van der Waals surface area (Å²) in [4.78, 5) is 29.9. The van der Waals surface area contributed by atoms with Crippen LogP contribution in [0.4, 0.5) is 23.8 Å². The Morgan fingerprint density at radius 1 is 1.22 bits per heavy atom. The van der Waals surface area contributed by atoms with E-state index in [2.05, 4.69) is 20.9 Å². The van der Waals surface area contributed by atoms with Crippen molar-refractivity contribution in [1.29, 1.82) is 0 Å². The number of hydrogen-bond donors (Lipinski definition) is 1. The highest BCUT2D eigenvalue weighted by molar-refractivity contribution is 9.10. The predicted molar refractivity (Wildman–Crippen MR) is 127 cm³/mol. The Morgan fingerprint density at radius 3 is 2.42 bits per heavy atom. The smallest absolute Gasteiger partial charge is 0.416 e. The number of nitro groups is 1. The molecule has 196 valence electrons. The maximum Gasteiger partial charge on any atom is 0.416 e. The van der Waals surface area contributed by atoms with Crippen molar-refractivity contribution < 1.29 is 32.7 Å². The number of imidazole rings is 1. The van der Waals surface area contributed by atoms with Gasteiger partial charge in [-0.1, -0.05) is 18.2 Å². The second kappa shape index (κ2) is 11.4. The van der Waals surface area contributed by atoms with E-state index in [9.17, 15) is 33.2 Å². The Labute approximate surface area is 213 Å². The standard InChI is InChI=1S/C22H25BrF3N5O5/c1-21(33,15-30-13-18(31(34)35)27-19(30)23)14-28-8-10-29(11-9-28)20(32)36-12-2-3-16-4-6-17(7-5-16)22(24,25)26/h2-7,13,33H,8-12,14-15H2,1H3/t21-/m0/s1. The SMILES string of the molecule is C[C@](O)(CN1CCN(C(=O)OCC=Cc2ccc(C(F)(F)F)cc2)CC1)Cn1cc([N+](=O)[O-])nc1Br. The fourth-order valence-corrected chi connectivity index (χ4v) is 4.15. The van der Waals surface area contributed by atoms with E-state index >= 15 is 0 Å². The maximum absolute atomic E-state index is 12.6. The van der Waals surface area contributed by atoms with Crippen LogP contribution in [-0.4, -0.2) is 80.4 Å². The minimum absolute atomic E-state index is 0.0271. The number of β-amino-alcohol motifs (C(OH)–C–C–N with tert-alkyl or cyclic N) is 1. The van der Waals surface area contributed by atoms with E-state index in [1.54, 1.807) is 19.1 Å².